The van der Waals surface area contributed by atoms with Gasteiger partial charge in [-0.25, -0.2) is 4.98 Å². The van der Waals surface area contributed by atoms with E-state index in [4.69, 9.17) is 19.6 Å². The van der Waals surface area contributed by atoms with E-state index in [1.807, 2.05) is 0 Å². The first kappa shape index (κ1) is 27.1. The fourth-order valence-electron chi connectivity index (χ4n) is 3.64. The fraction of sp³-hybridized carbons (Fsp3) is 0.370. The smallest absolute Gasteiger partial charge is 0.387 e. The lowest BCUT2D eigenvalue weighted by molar-refractivity contribution is -0.142. The molecule has 3 aromatic rings. The van der Waals surface area contributed by atoms with Crippen molar-refractivity contribution in [3.05, 3.63) is 59.5 Å². The summed E-state index contributed by atoms with van der Waals surface area (Å²) >= 11 is 0. The lowest BCUT2D eigenvalue weighted by Gasteiger charge is -2.12. The molecule has 0 bridgehead atoms. The number of nitrogens with one attached hydrogen (secondary N) is 1. The topological polar surface area (TPSA) is 126 Å². The van der Waals surface area contributed by atoms with Gasteiger partial charge in [0.15, 0.2) is 23.0 Å². The molecule has 1 saturated carbocycles. The van der Waals surface area contributed by atoms with Crippen molar-refractivity contribution in [1.29, 1.82) is 0 Å². The highest BCUT2D eigenvalue weighted by Gasteiger charge is 2.26. The van der Waals surface area contributed by atoms with E-state index in [9.17, 15) is 18.4 Å². The van der Waals surface area contributed by atoms with Gasteiger partial charge < -0.3 is 29.7 Å². The number of hydrogen-bond acceptors (Lipinski definition) is 8. The molecule has 0 aliphatic heterocycles. The van der Waals surface area contributed by atoms with Crippen LogP contribution in [-0.4, -0.2) is 36.7 Å². The summed E-state index contributed by atoms with van der Waals surface area (Å²) in [4.78, 5) is 29.1. The Morgan fingerprint density at radius 2 is 1.89 bits per heavy atom. The summed E-state index contributed by atoms with van der Waals surface area (Å²) in [6.07, 6.45) is 2.17. The van der Waals surface area contributed by atoms with E-state index >= 15 is 0 Å². The Balaban J connectivity index is 1.54. The minimum Gasteiger partial charge on any atom is -0.489 e. The number of ether oxygens (including phenoxy) is 3. The van der Waals surface area contributed by atoms with Crippen LogP contribution in [0.4, 0.5) is 14.5 Å². The number of rotatable bonds is 12. The second-order valence-corrected chi connectivity index (χ2v) is 8.95. The highest BCUT2D eigenvalue weighted by molar-refractivity contribution is 6.04. The number of nitrogens with two attached hydrogens (primary N) is 1. The van der Waals surface area contributed by atoms with E-state index in [-0.39, 0.29) is 41.2 Å². The third-order valence-corrected chi connectivity index (χ3v) is 5.73. The zero-order valence-electron chi connectivity index (χ0n) is 21.0. The molecule has 202 valence electrons. The van der Waals surface area contributed by atoms with Crippen LogP contribution in [0, 0.1) is 5.92 Å². The molecule has 1 aliphatic carbocycles. The van der Waals surface area contributed by atoms with Gasteiger partial charge in [-0.15, -0.1) is 0 Å². The molecule has 0 radical (unpaired) electrons. The molecule has 0 spiro atoms. The molecule has 0 saturated heterocycles. The van der Waals surface area contributed by atoms with Gasteiger partial charge in [0.1, 0.15) is 0 Å². The van der Waals surface area contributed by atoms with Gasteiger partial charge in [-0.2, -0.15) is 8.78 Å². The predicted molar refractivity (Wildman–Crippen MR) is 134 cm³/mol. The van der Waals surface area contributed by atoms with Crippen molar-refractivity contribution in [2.75, 3.05) is 18.5 Å². The van der Waals surface area contributed by atoms with E-state index in [1.54, 1.807) is 38.1 Å². The van der Waals surface area contributed by atoms with Gasteiger partial charge in [0.05, 0.1) is 25.7 Å². The fourth-order valence-corrected chi connectivity index (χ4v) is 3.64. The number of halogens is 2. The molecule has 1 aliphatic rings. The highest BCUT2D eigenvalue weighted by Crippen LogP contribution is 2.37. The van der Waals surface area contributed by atoms with E-state index in [0.29, 0.717) is 30.4 Å². The van der Waals surface area contributed by atoms with Crippen LogP contribution in [0.2, 0.25) is 0 Å². The largest absolute Gasteiger partial charge is 0.489 e. The molecule has 1 amide bonds. The van der Waals surface area contributed by atoms with Gasteiger partial charge in [0, 0.05) is 11.3 Å². The van der Waals surface area contributed by atoms with Crippen LogP contribution in [0.25, 0.3) is 11.5 Å². The van der Waals surface area contributed by atoms with Crippen LogP contribution >= 0.6 is 0 Å². The molecule has 9 nitrogen and oxygen atoms in total. The van der Waals surface area contributed by atoms with E-state index < -0.39 is 18.6 Å². The van der Waals surface area contributed by atoms with Gasteiger partial charge in [-0.3, -0.25) is 9.59 Å². The quantitative estimate of drug-likeness (QED) is 0.310. The van der Waals surface area contributed by atoms with Crippen LogP contribution in [-0.2, 0) is 16.0 Å². The van der Waals surface area contributed by atoms with Crippen molar-refractivity contribution in [3.63, 3.8) is 0 Å². The maximum Gasteiger partial charge on any atom is 0.387 e. The molecule has 1 fully saturated rings. The number of amides is 1. The maximum atomic E-state index is 13.1. The zero-order chi connectivity index (χ0) is 27.2. The van der Waals surface area contributed by atoms with Crippen LogP contribution in [0.3, 0.4) is 0 Å². The van der Waals surface area contributed by atoms with Crippen molar-refractivity contribution in [2.24, 2.45) is 11.7 Å². The van der Waals surface area contributed by atoms with Gasteiger partial charge in [0.25, 0.3) is 5.91 Å². The molecular formula is C27H29F2N3O6. The first-order valence-corrected chi connectivity index (χ1v) is 12.3. The average Bonchev–Trinajstić information content (AvgIpc) is 3.59. The molecular weight excluding hydrogens is 500 g/mol. The van der Waals surface area contributed by atoms with Crippen molar-refractivity contribution < 1.29 is 37.0 Å². The lowest BCUT2D eigenvalue weighted by atomic mass is 10.1. The third kappa shape index (κ3) is 7.06. The van der Waals surface area contributed by atoms with Gasteiger partial charge in [-0.1, -0.05) is 12.1 Å². The molecule has 3 N–H and O–H groups in total. The Hall–Kier alpha value is -3.99. The number of esters is 1. The summed E-state index contributed by atoms with van der Waals surface area (Å²) in [6, 6.07) is 10.4. The Labute approximate surface area is 218 Å². The molecule has 1 atom stereocenters. The molecule has 1 heterocycles. The monoisotopic (exact) mass is 529 g/mol. The van der Waals surface area contributed by atoms with Gasteiger partial charge in [0.2, 0.25) is 5.89 Å². The number of alkyl halides is 2. The lowest BCUT2D eigenvalue weighted by Crippen LogP contribution is -2.17. The van der Waals surface area contributed by atoms with Gasteiger partial charge in [-0.05, 0) is 68.5 Å². The van der Waals surface area contributed by atoms with E-state index in [0.717, 1.165) is 18.4 Å². The Bertz CT molecular complexity index is 1270. The molecule has 2 aromatic carbocycles. The standard InChI is InChI=1S/C27H29F2N3O6/c1-3-35-22(33)12-16-6-9-19(10-7-16)31-25(34)23-24(15(2)30)38-26(32-23)18-8-11-20(37-27(28)29)21(13-18)36-14-17-4-5-17/h6-11,13,15,17,27H,3-5,12,14,30H2,1-2H3,(H,31,34). The number of nitrogens with zero attached hydrogens (tertiary/aromatic N) is 1. The number of hydrogen-bond donors (Lipinski definition) is 2. The van der Waals surface area contributed by atoms with E-state index in [1.165, 1.54) is 18.2 Å². The molecule has 38 heavy (non-hydrogen) atoms. The molecule has 1 aromatic heterocycles. The number of carbonyl (C=O) groups excluding carboxylic acids is 2. The Morgan fingerprint density at radius 3 is 2.53 bits per heavy atom. The van der Waals surface area contributed by atoms with Crippen molar-refractivity contribution in [3.8, 4) is 23.0 Å². The Kier molecular flexibility index (Phi) is 8.57. The number of carbonyl (C=O) groups is 2. The van der Waals surface area contributed by atoms with Crippen LogP contribution in [0.1, 0.15) is 54.5 Å². The minimum absolute atomic E-state index is 0.0149. The zero-order valence-corrected chi connectivity index (χ0v) is 21.0. The summed E-state index contributed by atoms with van der Waals surface area (Å²) in [7, 11) is 0. The number of anilines is 1. The first-order valence-electron chi connectivity index (χ1n) is 12.3. The SMILES string of the molecule is CCOC(=O)Cc1ccc(NC(=O)c2nc(-c3ccc(OC(F)F)c(OCC4CC4)c3)oc2C(C)N)cc1. The number of oxazole rings is 1. The van der Waals surface area contributed by atoms with Crippen LogP contribution in [0.15, 0.2) is 46.9 Å². The van der Waals surface area contributed by atoms with Gasteiger partial charge >= 0.3 is 12.6 Å². The summed E-state index contributed by atoms with van der Waals surface area (Å²) in [5, 5.41) is 2.74. The third-order valence-electron chi connectivity index (χ3n) is 5.73. The summed E-state index contributed by atoms with van der Waals surface area (Å²) in [5.41, 5.74) is 7.64. The minimum atomic E-state index is -3.01. The average molecular weight is 530 g/mol. The van der Waals surface area contributed by atoms with Crippen molar-refractivity contribution in [1.82, 2.24) is 4.98 Å². The Morgan fingerprint density at radius 1 is 1.16 bits per heavy atom. The van der Waals surface area contributed by atoms with Crippen molar-refractivity contribution in [2.45, 2.75) is 45.8 Å². The van der Waals surface area contributed by atoms with Crippen LogP contribution < -0.4 is 20.5 Å². The second kappa shape index (κ2) is 12.0. The summed E-state index contributed by atoms with van der Waals surface area (Å²) in [6.45, 7) is 1.06. The molecule has 4 rings (SSSR count). The predicted octanol–water partition coefficient (Wildman–Crippen LogP) is 5.11. The normalized spacial score (nSPS) is 13.7. The second-order valence-electron chi connectivity index (χ2n) is 8.95. The van der Waals surface area contributed by atoms with Crippen LogP contribution in [0.5, 0.6) is 11.5 Å². The maximum absolute atomic E-state index is 13.1. The van der Waals surface area contributed by atoms with Crippen molar-refractivity contribution >= 4 is 17.6 Å². The first-order chi connectivity index (χ1) is 18.2. The molecule has 1 unspecified atom stereocenters. The number of aromatic nitrogens is 1. The summed E-state index contributed by atoms with van der Waals surface area (Å²) in [5.74, 6) is -0.239. The summed E-state index contributed by atoms with van der Waals surface area (Å²) < 4.78 is 46.8. The highest BCUT2D eigenvalue weighted by atomic mass is 19.3. The molecule has 11 heteroatoms. The number of benzene rings is 2. The van der Waals surface area contributed by atoms with E-state index in [2.05, 4.69) is 15.0 Å².